The van der Waals surface area contributed by atoms with Crippen molar-refractivity contribution in [2.24, 2.45) is 0 Å². The fourth-order valence-corrected chi connectivity index (χ4v) is 1.77. The van der Waals surface area contributed by atoms with Crippen LogP contribution in [-0.2, 0) is 14.4 Å². The van der Waals surface area contributed by atoms with Gasteiger partial charge in [-0.15, -0.1) is 0 Å². The van der Waals surface area contributed by atoms with Gasteiger partial charge in [0, 0.05) is 12.6 Å². The number of carboxylic acids is 2. The van der Waals surface area contributed by atoms with Crippen molar-refractivity contribution in [1.82, 2.24) is 9.80 Å². The van der Waals surface area contributed by atoms with Gasteiger partial charge < -0.3 is 15.1 Å². The Labute approximate surface area is 92.2 Å². The van der Waals surface area contributed by atoms with Gasteiger partial charge in [-0.3, -0.25) is 19.3 Å². The number of hydrogen-bond acceptors (Lipinski definition) is 4. The van der Waals surface area contributed by atoms with Gasteiger partial charge in [0.1, 0.15) is 6.54 Å². The standard InChI is InChI=1S/C9H14N2O5/c1-6-2-10(4-8(13)14)3-7(12)11(6)5-9(15)16/h6H,2-5H2,1H3,(H,13,14)(H,15,16). The molecule has 0 aromatic rings. The van der Waals surface area contributed by atoms with E-state index in [1.54, 1.807) is 6.92 Å². The zero-order chi connectivity index (χ0) is 12.3. The van der Waals surface area contributed by atoms with E-state index in [0.717, 1.165) is 0 Å². The first-order valence-electron chi connectivity index (χ1n) is 4.85. The van der Waals surface area contributed by atoms with E-state index in [0.29, 0.717) is 6.54 Å². The molecule has 1 amide bonds. The fourth-order valence-electron chi connectivity index (χ4n) is 1.77. The van der Waals surface area contributed by atoms with Crippen molar-refractivity contribution in [3.63, 3.8) is 0 Å². The SMILES string of the molecule is CC1CN(CC(=O)O)CC(=O)N1CC(=O)O. The molecule has 1 atom stereocenters. The van der Waals surface area contributed by atoms with Crippen LogP contribution in [0.25, 0.3) is 0 Å². The molecule has 16 heavy (non-hydrogen) atoms. The van der Waals surface area contributed by atoms with Gasteiger partial charge in [-0.2, -0.15) is 0 Å². The average molecular weight is 230 g/mol. The highest BCUT2D eigenvalue weighted by atomic mass is 16.4. The third-order valence-corrected chi connectivity index (χ3v) is 2.40. The van der Waals surface area contributed by atoms with E-state index in [9.17, 15) is 14.4 Å². The van der Waals surface area contributed by atoms with Crippen molar-refractivity contribution < 1.29 is 24.6 Å². The Balaban J connectivity index is 2.60. The molecule has 7 heteroatoms. The van der Waals surface area contributed by atoms with Crippen LogP contribution in [0.4, 0.5) is 0 Å². The molecular formula is C9H14N2O5. The molecule has 0 bridgehead atoms. The van der Waals surface area contributed by atoms with Gasteiger partial charge in [0.15, 0.2) is 0 Å². The summed E-state index contributed by atoms with van der Waals surface area (Å²) in [4.78, 5) is 35.3. The third-order valence-electron chi connectivity index (χ3n) is 2.40. The summed E-state index contributed by atoms with van der Waals surface area (Å²) in [6, 6.07) is -0.281. The van der Waals surface area contributed by atoms with E-state index < -0.39 is 11.9 Å². The minimum absolute atomic E-state index is 0.0378. The molecule has 90 valence electrons. The Bertz CT molecular complexity index is 317. The predicted octanol–water partition coefficient (Wildman–Crippen LogP) is -1.31. The normalized spacial score (nSPS) is 22.2. The molecule has 1 heterocycles. The van der Waals surface area contributed by atoms with Gasteiger partial charge in [0.2, 0.25) is 5.91 Å². The molecule has 0 radical (unpaired) electrons. The molecule has 1 aliphatic rings. The highest BCUT2D eigenvalue weighted by Crippen LogP contribution is 2.10. The molecule has 1 saturated heterocycles. The smallest absolute Gasteiger partial charge is 0.323 e. The van der Waals surface area contributed by atoms with Gasteiger partial charge in [0.25, 0.3) is 0 Å². The fraction of sp³-hybridized carbons (Fsp3) is 0.667. The number of nitrogens with zero attached hydrogens (tertiary/aromatic N) is 2. The quantitative estimate of drug-likeness (QED) is 0.622. The second-order valence-electron chi connectivity index (χ2n) is 3.83. The summed E-state index contributed by atoms with van der Waals surface area (Å²) in [7, 11) is 0. The number of carboxylic acid groups (broad SMARTS) is 2. The Kier molecular flexibility index (Phi) is 3.83. The Hall–Kier alpha value is -1.63. The largest absolute Gasteiger partial charge is 0.480 e. The molecule has 1 fully saturated rings. The van der Waals surface area contributed by atoms with Gasteiger partial charge in [-0.1, -0.05) is 0 Å². The number of aliphatic carboxylic acids is 2. The molecule has 0 saturated carbocycles. The van der Waals surface area contributed by atoms with Crippen LogP contribution in [0.2, 0.25) is 0 Å². The summed E-state index contributed by atoms with van der Waals surface area (Å²) in [6.45, 7) is 1.52. The van der Waals surface area contributed by atoms with E-state index >= 15 is 0 Å². The minimum Gasteiger partial charge on any atom is -0.480 e. The Morgan fingerprint density at radius 3 is 2.31 bits per heavy atom. The topological polar surface area (TPSA) is 98.2 Å². The number of carbonyl (C=O) groups is 3. The molecule has 0 spiro atoms. The summed E-state index contributed by atoms with van der Waals surface area (Å²) < 4.78 is 0. The highest BCUT2D eigenvalue weighted by molar-refractivity contribution is 5.84. The summed E-state index contributed by atoms with van der Waals surface area (Å²) in [5.74, 6) is -2.40. The van der Waals surface area contributed by atoms with Crippen molar-refractivity contribution in [2.45, 2.75) is 13.0 Å². The van der Waals surface area contributed by atoms with Crippen molar-refractivity contribution in [2.75, 3.05) is 26.2 Å². The average Bonchev–Trinajstić information content (AvgIpc) is 2.10. The van der Waals surface area contributed by atoms with Crippen LogP contribution in [0.15, 0.2) is 0 Å². The number of piperazine rings is 1. The molecule has 0 aromatic carbocycles. The predicted molar refractivity (Wildman–Crippen MR) is 52.9 cm³/mol. The van der Waals surface area contributed by atoms with Crippen LogP contribution in [0, 0.1) is 0 Å². The number of hydrogen-bond donors (Lipinski definition) is 2. The molecule has 2 N–H and O–H groups in total. The molecule has 1 rings (SSSR count). The molecule has 1 unspecified atom stereocenters. The van der Waals surface area contributed by atoms with E-state index in [1.165, 1.54) is 9.80 Å². The van der Waals surface area contributed by atoms with Crippen LogP contribution < -0.4 is 0 Å². The maximum atomic E-state index is 11.6. The maximum Gasteiger partial charge on any atom is 0.323 e. The molecule has 1 aliphatic heterocycles. The lowest BCUT2D eigenvalue weighted by molar-refractivity contribution is -0.151. The van der Waals surface area contributed by atoms with Crippen molar-refractivity contribution in [3.05, 3.63) is 0 Å². The third kappa shape index (κ3) is 3.20. The van der Waals surface area contributed by atoms with Gasteiger partial charge in [-0.25, -0.2) is 0 Å². The first-order valence-corrected chi connectivity index (χ1v) is 4.85. The van der Waals surface area contributed by atoms with Crippen molar-refractivity contribution in [1.29, 1.82) is 0 Å². The van der Waals surface area contributed by atoms with Crippen LogP contribution in [0.3, 0.4) is 0 Å². The van der Waals surface area contributed by atoms with E-state index in [1.807, 2.05) is 0 Å². The van der Waals surface area contributed by atoms with Crippen LogP contribution in [-0.4, -0.2) is 70.1 Å². The van der Waals surface area contributed by atoms with Crippen LogP contribution >= 0.6 is 0 Å². The molecular weight excluding hydrogens is 216 g/mol. The van der Waals surface area contributed by atoms with Crippen molar-refractivity contribution in [3.8, 4) is 0 Å². The zero-order valence-electron chi connectivity index (χ0n) is 8.92. The number of rotatable bonds is 4. The highest BCUT2D eigenvalue weighted by Gasteiger charge is 2.31. The monoisotopic (exact) mass is 230 g/mol. The molecule has 0 aromatic heterocycles. The zero-order valence-corrected chi connectivity index (χ0v) is 8.92. The summed E-state index contributed by atoms with van der Waals surface area (Å²) >= 11 is 0. The second-order valence-corrected chi connectivity index (χ2v) is 3.83. The first-order chi connectivity index (χ1) is 7.40. The lowest BCUT2D eigenvalue weighted by atomic mass is 10.2. The van der Waals surface area contributed by atoms with Crippen LogP contribution in [0.1, 0.15) is 6.92 Å². The van der Waals surface area contributed by atoms with Gasteiger partial charge >= 0.3 is 11.9 Å². The Morgan fingerprint density at radius 1 is 1.31 bits per heavy atom. The minimum atomic E-state index is -1.06. The lowest BCUT2D eigenvalue weighted by Gasteiger charge is -2.37. The number of carbonyl (C=O) groups excluding carboxylic acids is 1. The second kappa shape index (κ2) is 4.93. The van der Waals surface area contributed by atoms with Gasteiger partial charge in [-0.05, 0) is 6.92 Å². The number of amides is 1. The Morgan fingerprint density at radius 2 is 1.88 bits per heavy atom. The summed E-state index contributed by atoms with van der Waals surface area (Å²) in [5.41, 5.74) is 0. The van der Waals surface area contributed by atoms with E-state index in [4.69, 9.17) is 10.2 Å². The summed E-state index contributed by atoms with van der Waals surface area (Å²) in [5, 5.41) is 17.2. The van der Waals surface area contributed by atoms with Gasteiger partial charge in [0.05, 0.1) is 13.1 Å². The van der Waals surface area contributed by atoms with E-state index in [-0.39, 0.29) is 31.6 Å². The molecule has 0 aliphatic carbocycles. The first kappa shape index (κ1) is 12.4. The maximum absolute atomic E-state index is 11.6. The summed E-state index contributed by atoms with van der Waals surface area (Å²) in [6.07, 6.45) is 0. The lowest BCUT2D eigenvalue weighted by Crippen LogP contribution is -2.57. The van der Waals surface area contributed by atoms with Crippen LogP contribution in [0.5, 0.6) is 0 Å². The van der Waals surface area contributed by atoms with E-state index in [2.05, 4.69) is 0 Å². The van der Waals surface area contributed by atoms with Crippen molar-refractivity contribution >= 4 is 17.8 Å². The molecule has 7 nitrogen and oxygen atoms in total.